The smallest absolute Gasteiger partial charge is 0.365 e. The molecule has 0 saturated carbocycles. The van der Waals surface area contributed by atoms with Crippen molar-refractivity contribution in [2.75, 3.05) is 12.9 Å². The Bertz CT molecular complexity index is 608. The first kappa shape index (κ1) is 21.7. The Balaban J connectivity index is 3.32. The van der Waals surface area contributed by atoms with Crippen LogP contribution in [0.15, 0.2) is 0 Å². The predicted molar refractivity (Wildman–Crippen MR) is 78.5 cm³/mol. The van der Waals surface area contributed by atoms with Crippen molar-refractivity contribution < 1.29 is 52.5 Å². The summed E-state index contributed by atoms with van der Waals surface area (Å²) < 4.78 is 32.3. The number of carboxylic acids is 1. The van der Waals surface area contributed by atoms with Crippen LogP contribution in [0.4, 0.5) is 0 Å². The molecule has 12 nitrogen and oxygen atoms in total. The molecule has 0 unspecified atom stereocenters. The topological polar surface area (TPSA) is 200 Å². The molecule has 6 N–H and O–H groups in total. The summed E-state index contributed by atoms with van der Waals surface area (Å²) in [6.07, 6.45) is -7.64. The van der Waals surface area contributed by atoms with E-state index in [4.69, 9.17) is 9.84 Å². The van der Waals surface area contributed by atoms with E-state index in [-0.39, 0.29) is 0 Å². The second-order valence-corrected chi connectivity index (χ2v) is 7.24. The van der Waals surface area contributed by atoms with E-state index in [1.807, 2.05) is 0 Å². The molecule has 1 aliphatic rings. The van der Waals surface area contributed by atoms with Gasteiger partial charge in [-0.25, -0.2) is 8.98 Å². The van der Waals surface area contributed by atoms with Crippen LogP contribution in [0, 0.1) is 0 Å². The first-order valence-electron chi connectivity index (χ1n) is 7.07. The fourth-order valence-corrected chi connectivity index (χ4v) is 3.12. The van der Waals surface area contributed by atoms with E-state index in [1.54, 1.807) is 0 Å². The SMILES string of the molecule is CC(=O)N[C@H]1[C@H]([C@H](O)[C@H](O)CO)O[C@](OS(C)(=O)=O)(C(=O)O)C[C@@H]1O. The van der Waals surface area contributed by atoms with Gasteiger partial charge < -0.3 is 35.6 Å². The van der Waals surface area contributed by atoms with Crippen molar-refractivity contribution in [3.8, 4) is 0 Å². The minimum absolute atomic E-state index is 0.557. The highest BCUT2D eigenvalue weighted by atomic mass is 32.2. The summed E-state index contributed by atoms with van der Waals surface area (Å²) >= 11 is 0. The van der Waals surface area contributed by atoms with Gasteiger partial charge in [0.1, 0.15) is 18.3 Å². The summed E-state index contributed by atoms with van der Waals surface area (Å²) in [4.78, 5) is 22.8. The molecule has 0 aromatic rings. The highest BCUT2D eigenvalue weighted by Crippen LogP contribution is 2.34. The molecule has 146 valence electrons. The predicted octanol–water partition coefficient (Wildman–Crippen LogP) is -3.89. The van der Waals surface area contributed by atoms with Gasteiger partial charge in [0.15, 0.2) is 0 Å². The van der Waals surface area contributed by atoms with E-state index in [1.165, 1.54) is 0 Å². The first-order valence-corrected chi connectivity index (χ1v) is 8.88. The number of carboxylic acid groups (broad SMARTS) is 1. The maximum atomic E-state index is 11.5. The lowest BCUT2D eigenvalue weighted by molar-refractivity contribution is -0.283. The molecule has 0 bridgehead atoms. The molecular weight excluding hydrogens is 366 g/mol. The molecule has 0 aromatic heterocycles. The van der Waals surface area contributed by atoms with Crippen LogP contribution in [0.5, 0.6) is 0 Å². The Kier molecular flexibility index (Phi) is 6.86. The zero-order chi connectivity index (χ0) is 19.6. The number of rotatable bonds is 7. The number of nitrogens with one attached hydrogen (secondary N) is 1. The summed E-state index contributed by atoms with van der Waals surface area (Å²) in [7, 11) is -4.36. The van der Waals surface area contributed by atoms with Crippen LogP contribution < -0.4 is 5.32 Å². The van der Waals surface area contributed by atoms with Crippen LogP contribution in [0.2, 0.25) is 0 Å². The van der Waals surface area contributed by atoms with Gasteiger partial charge in [0.25, 0.3) is 15.9 Å². The number of aliphatic hydroxyl groups is 4. The number of ether oxygens (including phenoxy) is 1. The van der Waals surface area contributed by atoms with Gasteiger partial charge in [-0.1, -0.05) is 0 Å². The van der Waals surface area contributed by atoms with Crippen LogP contribution in [0.1, 0.15) is 13.3 Å². The summed E-state index contributed by atoms with van der Waals surface area (Å²) in [5, 5.41) is 50.3. The third-order valence-corrected chi connectivity index (χ3v) is 4.04. The van der Waals surface area contributed by atoms with Gasteiger partial charge in [-0.05, 0) is 0 Å². The highest BCUT2D eigenvalue weighted by molar-refractivity contribution is 7.86. The second kappa shape index (κ2) is 7.90. The number of aliphatic carboxylic acids is 1. The molecule has 1 aliphatic heterocycles. The molecule has 13 heteroatoms. The molecule has 1 heterocycles. The van der Waals surface area contributed by atoms with E-state index in [9.17, 15) is 38.4 Å². The van der Waals surface area contributed by atoms with Gasteiger partial charge in [-0.2, -0.15) is 8.42 Å². The summed E-state index contributed by atoms with van der Waals surface area (Å²) in [6, 6.07) is -1.40. The molecule has 0 aliphatic carbocycles. The number of hydrogen-bond donors (Lipinski definition) is 6. The molecule has 1 rings (SSSR count). The average Bonchev–Trinajstić information content (AvgIpc) is 2.46. The van der Waals surface area contributed by atoms with Crippen LogP contribution in [-0.4, -0.2) is 94.9 Å². The molecule has 6 atom stereocenters. The van der Waals surface area contributed by atoms with Crippen molar-refractivity contribution in [2.24, 2.45) is 0 Å². The molecule has 0 radical (unpaired) electrons. The van der Waals surface area contributed by atoms with E-state index < -0.39 is 71.3 Å². The van der Waals surface area contributed by atoms with Gasteiger partial charge in [0.2, 0.25) is 5.91 Å². The second-order valence-electron chi connectivity index (χ2n) is 5.67. The maximum absolute atomic E-state index is 11.5. The van der Waals surface area contributed by atoms with Crippen LogP contribution in [0.3, 0.4) is 0 Å². The van der Waals surface area contributed by atoms with Crippen molar-refractivity contribution in [3.63, 3.8) is 0 Å². The lowest BCUT2D eigenvalue weighted by atomic mass is 9.88. The van der Waals surface area contributed by atoms with Gasteiger partial charge in [0.05, 0.1) is 25.0 Å². The van der Waals surface area contributed by atoms with Crippen molar-refractivity contribution in [1.29, 1.82) is 0 Å². The Labute approximate surface area is 143 Å². The summed E-state index contributed by atoms with van der Waals surface area (Å²) in [6.45, 7) is 0.127. The fraction of sp³-hybridized carbons (Fsp3) is 0.833. The number of carbonyl (C=O) groups is 2. The lowest BCUT2D eigenvalue weighted by Crippen LogP contribution is -2.68. The third kappa shape index (κ3) is 5.31. The minimum atomic E-state index is -4.36. The number of carbonyl (C=O) groups excluding carboxylic acids is 1. The van der Waals surface area contributed by atoms with E-state index in [0.29, 0.717) is 6.26 Å². The maximum Gasteiger partial charge on any atom is 0.365 e. The Morgan fingerprint density at radius 2 is 1.96 bits per heavy atom. The molecule has 25 heavy (non-hydrogen) atoms. The van der Waals surface area contributed by atoms with E-state index in [0.717, 1.165) is 6.92 Å². The van der Waals surface area contributed by atoms with Crippen LogP contribution in [-0.2, 0) is 28.6 Å². The molecular formula is C12H21NO11S. The number of aliphatic hydroxyl groups excluding tert-OH is 4. The normalized spacial score (nSPS) is 32.6. The zero-order valence-electron chi connectivity index (χ0n) is 13.4. The fourth-order valence-electron chi connectivity index (χ4n) is 2.46. The quantitative estimate of drug-likeness (QED) is 0.233. The molecule has 1 amide bonds. The average molecular weight is 387 g/mol. The molecule has 0 aromatic carbocycles. The monoisotopic (exact) mass is 387 g/mol. The van der Waals surface area contributed by atoms with Crippen LogP contribution >= 0.6 is 0 Å². The third-order valence-electron chi connectivity index (χ3n) is 3.47. The molecule has 1 fully saturated rings. The highest BCUT2D eigenvalue weighted by Gasteiger charge is 2.57. The van der Waals surface area contributed by atoms with Crippen molar-refractivity contribution in [3.05, 3.63) is 0 Å². The number of amides is 1. The molecule has 1 saturated heterocycles. The van der Waals surface area contributed by atoms with Gasteiger partial charge in [-0.15, -0.1) is 0 Å². The summed E-state index contributed by atoms with van der Waals surface area (Å²) in [5.74, 6) is -5.47. The van der Waals surface area contributed by atoms with Crippen LogP contribution in [0.25, 0.3) is 0 Å². The number of hydrogen-bond acceptors (Lipinski definition) is 10. The standard InChI is InChI=1S/C12H21NO11S/c1-5(15)13-8-6(16)3-12(11(19)20,24-25(2,21)22)23-10(8)9(18)7(17)4-14/h6-10,14,16-18H,3-4H2,1-2H3,(H,13,15)(H,19,20)/t6-,7+,8+,9+,10+,12+/m0/s1. The minimum Gasteiger partial charge on any atom is -0.477 e. The lowest BCUT2D eigenvalue weighted by Gasteiger charge is -2.45. The van der Waals surface area contributed by atoms with Gasteiger partial charge in [-0.3, -0.25) is 4.79 Å². The first-order chi connectivity index (χ1) is 11.3. The van der Waals surface area contributed by atoms with E-state index >= 15 is 0 Å². The Hall–Kier alpha value is -1.35. The Morgan fingerprint density at radius 1 is 1.40 bits per heavy atom. The van der Waals surface area contributed by atoms with Crippen molar-refractivity contribution in [1.82, 2.24) is 5.32 Å². The Morgan fingerprint density at radius 3 is 2.36 bits per heavy atom. The summed E-state index contributed by atoms with van der Waals surface area (Å²) in [5.41, 5.74) is 0. The zero-order valence-corrected chi connectivity index (χ0v) is 14.2. The van der Waals surface area contributed by atoms with Gasteiger partial charge >= 0.3 is 5.97 Å². The largest absolute Gasteiger partial charge is 0.477 e. The van der Waals surface area contributed by atoms with Crippen molar-refractivity contribution in [2.45, 2.75) is 49.6 Å². The molecule has 0 spiro atoms. The van der Waals surface area contributed by atoms with E-state index in [2.05, 4.69) is 9.50 Å². The van der Waals surface area contributed by atoms with Gasteiger partial charge in [0, 0.05) is 13.3 Å². The van der Waals surface area contributed by atoms with Crippen molar-refractivity contribution >= 4 is 22.0 Å².